The molecule has 2 rings (SSSR count). The van der Waals surface area contributed by atoms with Crippen LogP contribution in [-0.2, 0) is 16.0 Å². The van der Waals surface area contributed by atoms with Gasteiger partial charge in [0.1, 0.15) is 12.4 Å². The zero-order chi connectivity index (χ0) is 13.0. The lowest BCUT2D eigenvalue weighted by Crippen LogP contribution is -2.20. The Bertz CT molecular complexity index is 500. The van der Waals surface area contributed by atoms with Gasteiger partial charge < -0.3 is 10.5 Å². The van der Waals surface area contributed by atoms with Crippen molar-refractivity contribution >= 4 is 5.91 Å². The molecule has 1 heterocycles. The van der Waals surface area contributed by atoms with Crippen molar-refractivity contribution in [1.82, 2.24) is 0 Å². The van der Waals surface area contributed by atoms with Crippen LogP contribution in [0.4, 0.5) is 0 Å². The summed E-state index contributed by atoms with van der Waals surface area (Å²) < 4.78 is 5.66. The number of carbonyl (C=O) groups is 1. The van der Waals surface area contributed by atoms with E-state index in [0.717, 1.165) is 23.3 Å². The Balaban J connectivity index is 2.21. The second-order valence-corrected chi connectivity index (χ2v) is 4.30. The monoisotopic (exact) mass is 243 g/mol. The lowest BCUT2D eigenvalue weighted by molar-refractivity contribution is -0.114. The van der Waals surface area contributed by atoms with Crippen molar-refractivity contribution in [2.75, 3.05) is 6.61 Å². The average molecular weight is 243 g/mol. The third-order valence-electron chi connectivity index (χ3n) is 3.03. The zero-order valence-corrected chi connectivity index (χ0v) is 10.5. The predicted molar refractivity (Wildman–Crippen MR) is 70.7 cm³/mol. The van der Waals surface area contributed by atoms with E-state index < -0.39 is 0 Å². The molecule has 0 saturated carbocycles. The molecule has 0 aromatic heterocycles. The smallest absolute Gasteiger partial charge is 0.248 e. The van der Waals surface area contributed by atoms with Gasteiger partial charge in [-0.15, -0.1) is 0 Å². The standard InChI is InChI=1S/C15H17NO2/c1-2-12-10-18-13(9-14(12)15(16)17)8-11-6-4-3-5-7-11/h3-7,9H,2,8,10H2,1H3,(H2,16,17). The van der Waals surface area contributed by atoms with Crippen LogP contribution in [0.2, 0.25) is 0 Å². The first-order valence-electron chi connectivity index (χ1n) is 6.09. The third kappa shape index (κ3) is 2.80. The summed E-state index contributed by atoms with van der Waals surface area (Å²) in [4.78, 5) is 11.4. The van der Waals surface area contributed by atoms with Gasteiger partial charge in [-0.2, -0.15) is 0 Å². The molecule has 0 fully saturated rings. The van der Waals surface area contributed by atoms with Crippen LogP contribution >= 0.6 is 0 Å². The Labute approximate surface area is 107 Å². The predicted octanol–water partition coefficient (Wildman–Crippen LogP) is 2.34. The minimum Gasteiger partial charge on any atom is -0.493 e. The van der Waals surface area contributed by atoms with E-state index in [-0.39, 0.29) is 5.91 Å². The van der Waals surface area contributed by atoms with Gasteiger partial charge >= 0.3 is 0 Å². The first-order valence-corrected chi connectivity index (χ1v) is 6.09. The summed E-state index contributed by atoms with van der Waals surface area (Å²) in [6.45, 7) is 2.46. The van der Waals surface area contributed by atoms with Gasteiger partial charge in [0.05, 0.1) is 0 Å². The first-order chi connectivity index (χ1) is 8.70. The van der Waals surface area contributed by atoms with Crippen molar-refractivity contribution in [3.63, 3.8) is 0 Å². The number of hydrogen-bond acceptors (Lipinski definition) is 2. The number of ether oxygens (including phenoxy) is 1. The molecule has 1 aromatic carbocycles. The molecule has 0 aliphatic carbocycles. The van der Waals surface area contributed by atoms with Crippen LogP contribution in [-0.4, -0.2) is 12.5 Å². The van der Waals surface area contributed by atoms with E-state index in [4.69, 9.17) is 10.5 Å². The number of carbonyl (C=O) groups excluding carboxylic acids is 1. The first kappa shape index (κ1) is 12.4. The molecule has 0 spiro atoms. The fraction of sp³-hybridized carbons (Fsp3) is 0.267. The van der Waals surface area contributed by atoms with E-state index in [1.807, 2.05) is 37.3 Å². The molecule has 0 atom stereocenters. The zero-order valence-electron chi connectivity index (χ0n) is 10.5. The molecule has 3 heteroatoms. The molecular weight excluding hydrogens is 226 g/mol. The molecule has 0 unspecified atom stereocenters. The van der Waals surface area contributed by atoms with E-state index in [1.165, 1.54) is 0 Å². The maximum absolute atomic E-state index is 11.4. The molecule has 1 aliphatic heterocycles. The van der Waals surface area contributed by atoms with Gasteiger partial charge in [0, 0.05) is 12.0 Å². The largest absolute Gasteiger partial charge is 0.493 e. The highest BCUT2D eigenvalue weighted by Crippen LogP contribution is 2.22. The Morgan fingerprint density at radius 2 is 2.06 bits per heavy atom. The second kappa shape index (κ2) is 5.54. The minimum atomic E-state index is -0.374. The third-order valence-corrected chi connectivity index (χ3v) is 3.03. The van der Waals surface area contributed by atoms with Crippen LogP contribution in [0.5, 0.6) is 0 Å². The van der Waals surface area contributed by atoms with Crippen LogP contribution in [0.15, 0.2) is 53.3 Å². The van der Waals surface area contributed by atoms with Crippen molar-refractivity contribution in [3.8, 4) is 0 Å². The second-order valence-electron chi connectivity index (χ2n) is 4.30. The molecule has 1 amide bonds. The lowest BCUT2D eigenvalue weighted by atomic mass is 10.0. The van der Waals surface area contributed by atoms with Crippen LogP contribution in [0.3, 0.4) is 0 Å². The van der Waals surface area contributed by atoms with E-state index >= 15 is 0 Å². The molecule has 0 radical (unpaired) electrons. The summed E-state index contributed by atoms with van der Waals surface area (Å²) in [5, 5.41) is 0. The molecule has 3 nitrogen and oxygen atoms in total. The Hall–Kier alpha value is -2.03. The summed E-state index contributed by atoms with van der Waals surface area (Å²) in [6.07, 6.45) is 3.25. The van der Waals surface area contributed by atoms with Crippen molar-refractivity contribution in [2.24, 2.45) is 5.73 Å². The molecule has 94 valence electrons. The van der Waals surface area contributed by atoms with Crippen LogP contribution in [0, 0.1) is 0 Å². The summed E-state index contributed by atoms with van der Waals surface area (Å²) in [6, 6.07) is 10.0. The van der Waals surface area contributed by atoms with Gasteiger partial charge in [-0.25, -0.2) is 0 Å². The van der Waals surface area contributed by atoms with Crippen molar-refractivity contribution in [2.45, 2.75) is 19.8 Å². The minimum absolute atomic E-state index is 0.374. The highest BCUT2D eigenvalue weighted by Gasteiger charge is 2.17. The van der Waals surface area contributed by atoms with E-state index in [2.05, 4.69) is 0 Å². The number of benzene rings is 1. The summed E-state index contributed by atoms with van der Waals surface area (Å²) in [5.41, 5.74) is 8.13. The summed E-state index contributed by atoms with van der Waals surface area (Å²) in [5.74, 6) is 0.424. The van der Waals surface area contributed by atoms with Gasteiger partial charge in [-0.3, -0.25) is 4.79 Å². The van der Waals surface area contributed by atoms with Gasteiger partial charge in [-0.1, -0.05) is 37.3 Å². The molecule has 0 bridgehead atoms. The topological polar surface area (TPSA) is 52.3 Å². The number of primary amides is 1. The van der Waals surface area contributed by atoms with Crippen LogP contribution in [0.25, 0.3) is 0 Å². The number of rotatable bonds is 4. The Morgan fingerprint density at radius 3 is 2.67 bits per heavy atom. The number of allylic oxidation sites excluding steroid dienone is 1. The molecule has 0 saturated heterocycles. The van der Waals surface area contributed by atoms with Crippen molar-refractivity contribution in [1.29, 1.82) is 0 Å². The maximum atomic E-state index is 11.4. The van der Waals surface area contributed by atoms with Crippen molar-refractivity contribution in [3.05, 3.63) is 58.9 Å². The number of hydrogen-bond donors (Lipinski definition) is 1. The highest BCUT2D eigenvalue weighted by atomic mass is 16.5. The normalized spacial score (nSPS) is 15.1. The SMILES string of the molecule is CCC1=C(C(N)=O)C=C(Cc2ccccc2)OC1. The fourth-order valence-electron chi connectivity index (χ4n) is 2.00. The van der Waals surface area contributed by atoms with Crippen LogP contribution in [0.1, 0.15) is 18.9 Å². The summed E-state index contributed by atoms with van der Waals surface area (Å²) in [7, 11) is 0. The van der Waals surface area contributed by atoms with E-state index in [1.54, 1.807) is 6.08 Å². The summed E-state index contributed by atoms with van der Waals surface area (Å²) >= 11 is 0. The van der Waals surface area contributed by atoms with E-state index in [0.29, 0.717) is 18.6 Å². The van der Waals surface area contributed by atoms with Crippen molar-refractivity contribution < 1.29 is 9.53 Å². The van der Waals surface area contributed by atoms with E-state index in [9.17, 15) is 4.79 Å². The Morgan fingerprint density at radius 1 is 1.33 bits per heavy atom. The maximum Gasteiger partial charge on any atom is 0.248 e. The lowest BCUT2D eigenvalue weighted by Gasteiger charge is -2.19. The van der Waals surface area contributed by atoms with Gasteiger partial charge in [-0.05, 0) is 23.6 Å². The number of amides is 1. The molecule has 1 aromatic rings. The molecule has 18 heavy (non-hydrogen) atoms. The molecular formula is C15H17NO2. The number of nitrogens with two attached hydrogens (primary N) is 1. The van der Waals surface area contributed by atoms with Gasteiger partial charge in [0.15, 0.2) is 0 Å². The highest BCUT2D eigenvalue weighted by molar-refractivity contribution is 5.96. The quantitative estimate of drug-likeness (QED) is 0.882. The molecule has 2 N–H and O–H groups in total. The van der Waals surface area contributed by atoms with Gasteiger partial charge in [0.2, 0.25) is 5.91 Å². The van der Waals surface area contributed by atoms with Gasteiger partial charge in [0.25, 0.3) is 0 Å². The fourth-order valence-corrected chi connectivity index (χ4v) is 2.00. The van der Waals surface area contributed by atoms with Crippen LogP contribution < -0.4 is 5.73 Å². The Kier molecular flexibility index (Phi) is 3.82. The average Bonchev–Trinajstić information content (AvgIpc) is 2.40. The molecule has 1 aliphatic rings.